The first kappa shape index (κ1) is 13.0. The summed E-state index contributed by atoms with van der Waals surface area (Å²) in [5.74, 6) is 0.433. The van der Waals surface area contributed by atoms with Gasteiger partial charge in [0.05, 0.1) is 27.3 Å². The van der Waals surface area contributed by atoms with Crippen LogP contribution >= 0.6 is 15.9 Å². The molecule has 0 bridgehead atoms. The Kier molecular flexibility index (Phi) is 3.72. The van der Waals surface area contributed by atoms with Crippen LogP contribution in [-0.4, -0.2) is 19.7 Å². The molecule has 0 saturated carbocycles. The van der Waals surface area contributed by atoms with Crippen molar-refractivity contribution >= 4 is 33.1 Å². The van der Waals surface area contributed by atoms with Crippen LogP contribution in [0.2, 0.25) is 0 Å². The quantitative estimate of drug-likeness (QED) is 0.682. The van der Waals surface area contributed by atoms with Crippen LogP contribution < -0.4 is 5.32 Å². The molecule has 8 nitrogen and oxygen atoms in total. The molecule has 0 fully saturated rings. The third kappa shape index (κ3) is 3.05. The molecule has 0 unspecified atom stereocenters. The maximum atomic E-state index is 10.6. The first-order valence-electron chi connectivity index (χ1n) is 5.06. The number of hydrogen-bond donors (Lipinski definition) is 1. The molecule has 0 amide bonds. The Hall–Kier alpha value is -2.47. The van der Waals surface area contributed by atoms with Crippen molar-refractivity contribution in [1.82, 2.24) is 14.8 Å². The zero-order chi connectivity index (χ0) is 13.8. The second-order valence-electron chi connectivity index (χ2n) is 3.49. The molecule has 96 valence electrons. The number of hydrogen-bond acceptors (Lipinski definition) is 6. The van der Waals surface area contributed by atoms with Crippen molar-refractivity contribution in [3.05, 3.63) is 39.2 Å². The van der Waals surface area contributed by atoms with Crippen LogP contribution in [0, 0.1) is 21.4 Å². The van der Waals surface area contributed by atoms with Gasteiger partial charge in [-0.3, -0.25) is 14.8 Å². The third-order valence-corrected chi connectivity index (χ3v) is 2.77. The van der Waals surface area contributed by atoms with E-state index in [4.69, 9.17) is 5.26 Å². The van der Waals surface area contributed by atoms with Gasteiger partial charge in [-0.05, 0) is 15.9 Å². The van der Waals surface area contributed by atoms with E-state index >= 15 is 0 Å². The van der Waals surface area contributed by atoms with Crippen molar-refractivity contribution in [2.24, 2.45) is 0 Å². The van der Waals surface area contributed by atoms with Crippen LogP contribution in [0.25, 0.3) is 0 Å². The number of pyridine rings is 1. The number of halogens is 1. The SMILES string of the molecule is N#CCn1cc(Nc2ncc([N+](=O)[O-])cc2Br)cn1. The van der Waals surface area contributed by atoms with E-state index in [0.29, 0.717) is 16.0 Å². The van der Waals surface area contributed by atoms with Crippen LogP contribution in [0.4, 0.5) is 17.2 Å². The van der Waals surface area contributed by atoms with Gasteiger partial charge in [-0.1, -0.05) is 0 Å². The van der Waals surface area contributed by atoms with Gasteiger partial charge in [-0.2, -0.15) is 10.4 Å². The molecule has 0 aromatic carbocycles. The molecule has 2 aromatic rings. The lowest BCUT2D eigenvalue weighted by molar-refractivity contribution is -0.385. The fourth-order valence-corrected chi connectivity index (χ4v) is 1.78. The van der Waals surface area contributed by atoms with Crippen molar-refractivity contribution < 1.29 is 4.92 Å². The molecule has 2 rings (SSSR count). The van der Waals surface area contributed by atoms with Crippen LogP contribution in [0.15, 0.2) is 29.1 Å². The summed E-state index contributed by atoms with van der Waals surface area (Å²) in [5, 5.41) is 26.0. The average molecular weight is 323 g/mol. The maximum Gasteiger partial charge on any atom is 0.288 e. The number of anilines is 2. The largest absolute Gasteiger partial charge is 0.337 e. The molecule has 0 spiro atoms. The van der Waals surface area contributed by atoms with Gasteiger partial charge in [0.15, 0.2) is 0 Å². The topological polar surface area (TPSA) is 110 Å². The van der Waals surface area contributed by atoms with Crippen LogP contribution in [0.5, 0.6) is 0 Å². The molecule has 0 aliphatic rings. The van der Waals surface area contributed by atoms with Gasteiger partial charge in [0, 0.05) is 12.3 Å². The molecule has 1 N–H and O–H groups in total. The Labute approximate surface area is 116 Å². The number of aromatic nitrogens is 3. The molecule has 0 radical (unpaired) electrons. The van der Waals surface area contributed by atoms with Crippen molar-refractivity contribution in [2.45, 2.75) is 6.54 Å². The minimum Gasteiger partial charge on any atom is -0.337 e. The van der Waals surface area contributed by atoms with Crippen molar-refractivity contribution in [3.63, 3.8) is 0 Å². The number of nitrogens with one attached hydrogen (secondary N) is 1. The monoisotopic (exact) mass is 322 g/mol. The summed E-state index contributed by atoms with van der Waals surface area (Å²) >= 11 is 3.20. The molecule has 9 heteroatoms. The van der Waals surface area contributed by atoms with E-state index in [9.17, 15) is 10.1 Å². The molecule has 0 aliphatic carbocycles. The zero-order valence-corrected chi connectivity index (χ0v) is 11.0. The normalized spacial score (nSPS) is 9.89. The molecular formula is C10H7BrN6O2. The minimum atomic E-state index is -0.521. The van der Waals surface area contributed by atoms with Crippen LogP contribution in [-0.2, 0) is 6.54 Å². The fraction of sp³-hybridized carbons (Fsp3) is 0.100. The van der Waals surface area contributed by atoms with Gasteiger partial charge >= 0.3 is 0 Å². The lowest BCUT2D eigenvalue weighted by atomic mass is 10.4. The smallest absolute Gasteiger partial charge is 0.288 e. The van der Waals surface area contributed by atoms with E-state index in [-0.39, 0.29) is 12.2 Å². The van der Waals surface area contributed by atoms with Crippen LogP contribution in [0.1, 0.15) is 0 Å². The van der Waals surface area contributed by atoms with Crippen molar-refractivity contribution in [1.29, 1.82) is 5.26 Å². The summed E-state index contributed by atoms with van der Waals surface area (Å²) in [4.78, 5) is 14.0. The van der Waals surface area contributed by atoms with Crippen molar-refractivity contribution in [3.8, 4) is 6.07 Å². The van der Waals surface area contributed by atoms with Gasteiger partial charge in [-0.15, -0.1) is 0 Å². The Balaban J connectivity index is 2.18. The number of nitro groups is 1. The Bertz CT molecular complexity index is 662. The summed E-state index contributed by atoms with van der Waals surface area (Å²) < 4.78 is 1.93. The van der Waals surface area contributed by atoms with E-state index in [2.05, 4.69) is 31.3 Å². The Morgan fingerprint density at radius 3 is 3.00 bits per heavy atom. The highest BCUT2D eigenvalue weighted by Crippen LogP contribution is 2.26. The first-order valence-corrected chi connectivity index (χ1v) is 5.86. The summed E-state index contributed by atoms with van der Waals surface area (Å²) in [6.45, 7) is 0.149. The van der Waals surface area contributed by atoms with Gasteiger partial charge in [0.25, 0.3) is 5.69 Å². The highest BCUT2D eigenvalue weighted by Gasteiger charge is 2.11. The molecule has 0 saturated heterocycles. The average Bonchev–Trinajstić information content (AvgIpc) is 2.79. The molecule has 0 atom stereocenters. The van der Waals surface area contributed by atoms with Crippen LogP contribution in [0.3, 0.4) is 0 Å². The maximum absolute atomic E-state index is 10.6. The van der Waals surface area contributed by atoms with Crippen molar-refractivity contribution in [2.75, 3.05) is 5.32 Å². The van der Waals surface area contributed by atoms with Gasteiger partial charge in [-0.25, -0.2) is 4.98 Å². The predicted octanol–water partition coefficient (Wildman–Crippen LogP) is 2.22. The summed E-state index contributed by atoms with van der Waals surface area (Å²) in [6, 6.07) is 3.32. The summed E-state index contributed by atoms with van der Waals surface area (Å²) in [7, 11) is 0. The van der Waals surface area contributed by atoms with E-state index in [1.807, 2.05) is 6.07 Å². The minimum absolute atomic E-state index is 0.0994. The highest BCUT2D eigenvalue weighted by molar-refractivity contribution is 9.10. The molecule has 19 heavy (non-hydrogen) atoms. The zero-order valence-electron chi connectivity index (χ0n) is 9.45. The molecular weight excluding hydrogens is 316 g/mol. The summed E-state index contributed by atoms with van der Waals surface area (Å²) in [6.07, 6.45) is 4.33. The lowest BCUT2D eigenvalue weighted by Crippen LogP contribution is -1.97. The summed E-state index contributed by atoms with van der Waals surface area (Å²) in [5.41, 5.74) is 0.537. The highest BCUT2D eigenvalue weighted by atomic mass is 79.9. The predicted molar refractivity (Wildman–Crippen MR) is 69.7 cm³/mol. The Morgan fingerprint density at radius 2 is 2.37 bits per heavy atom. The Morgan fingerprint density at radius 1 is 1.58 bits per heavy atom. The lowest BCUT2D eigenvalue weighted by Gasteiger charge is -2.04. The molecule has 2 aromatic heterocycles. The number of rotatable bonds is 4. The van der Waals surface area contributed by atoms with E-state index in [1.165, 1.54) is 16.9 Å². The first-order chi connectivity index (χ1) is 9.10. The molecule has 2 heterocycles. The molecule has 0 aliphatic heterocycles. The standard InChI is InChI=1S/C10H7BrN6O2/c11-9-3-8(17(18)19)5-13-10(9)15-7-4-14-16(6-7)2-1-12/h3-6H,2H2,(H,13,15). The van der Waals surface area contributed by atoms with Gasteiger partial charge < -0.3 is 5.32 Å². The van der Waals surface area contributed by atoms with Gasteiger partial charge in [0.2, 0.25) is 0 Å². The van der Waals surface area contributed by atoms with E-state index < -0.39 is 4.92 Å². The van der Waals surface area contributed by atoms with E-state index in [0.717, 1.165) is 6.20 Å². The number of nitrogens with zero attached hydrogens (tertiary/aromatic N) is 5. The van der Waals surface area contributed by atoms with E-state index in [1.54, 1.807) is 6.20 Å². The third-order valence-electron chi connectivity index (χ3n) is 2.17. The second-order valence-corrected chi connectivity index (χ2v) is 4.35. The second kappa shape index (κ2) is 5.45. The van der Waals surface area contributed by atoms with Gasteiger partial charge in [0.1, 0.15) is 18.6 Å². The number of nitriles is 1. The fourth-order valence-electron chi connectivity index (χ4n) is 1.34.